The first kappa shape index (κ1) is 13.1. The van der Waals surface area contributed by atoms with Crippen LogP contribution in [0.25, 0.3) is 0 Å². The molecule has 0 unspecified atom stereocenters. The average Bonchev–Trinajstić information content (AvgIpc) is 2.61. The number of hydrogen-bond donors (Lipinski definition) is 1. The highest BCUT2D eigenvalue weighted by Crippen LogP contribution is 2.18. The highest BCUT2D eigenvalue weighted by Gasteiger charge is 2.17. The Kier molecular flexibility index (Phi) is 4.82. The fourth-order valence-electron chi connectivity index (χ4n) is 1.37. The summed E-state index contributed by atoms with van der Waals surface area (Å²) < 4.78 is 5.08. The molecule has 1 N–H and O–H groups in total. The third-order valence-corrected chi connectivity index (χ3v) is 2.42. The van der Waals surface area contributed by atoms with Gasteiger partial charge in [0.05, 0.1) is 13.6 Å². The Hall–Kier alpha value is -1.01. The van der Waals surface area contributed by atoms with Crippen LogP contribution in [0.5, 0.6) is 0 Å². The Labute approximate surface area is 96.4 Å². The van der Waals surface area contributed by atoms with Gasteiger partial charge in [0.2, 0.25) is 0 Å². The Morgan fingerprint density at radius 2 is 2.19 bits per heavy atom. The van der Waals surface area contributed by atoms with Crippen LogP contribution in [0.2, 0.25) is 0 Å². The van der Waals surface area contributed by atoms with Crippen LogP contribution >= 0.6 is 0 Å². The molecule has 0 spiro atoms. The molecule has 0 aliphatic rings. The molecule has 0 aliphatic heterocycles. The summed E-state index contributed by atoms with van der Waals surface area (Å²) in [7, 11) is 3.49. The molecule has 1 heterocycles. The summed E-state index contributed by atoms with van der Waals surface area (Å²) in [5.41, 5.74) is 0.220. The van der Waals surface area contributed by atoms with Crippen LogP contribution < -0.4 is 5.32 Å². The third kappa shape index (κ3) is 4.67. The number of rotatable bonds is 7. The van der Waals surface area contributed by atoms with E-state index in [9.17, 15) is 0 Å². The summed E-state index contributed by atoms with van der Waals surface area (Å²) in [5, 5.41) is 15.1. The van der Waals surface area contributed by atoms with Crippen molar-refractivity contribution in [1.29, 1.82) is 0 Å². The molecule has 0 bridgehead atoms. The van der Waals surface area contributed by atoms with Crippen LogP contribution in [-0.4, -0.2) is 40.5 Å². The minimum Gasteiger partial charge on any atom is -0.385 e. The maximum atomic E-state index is 5.08. The Bertz CT molecular complexity index is 310. The molecule has 1 aromatic heterocycles. The van der Waals surface area contributed by atoms with Crippen molar-refractivity contribution < 1.29 is 4.74 Å². The number of ether oxygens (including phenoxy) is 1. The van der Waals surface area contributed by atoms with E-state index in [1.165, 1.54) is 4.80 Å². The lowest BCUT2D eigenvalue weighted by Gasteiger charge is -2.24. The first-order chi connectivity index (χ1) is 7.53. The lowest BCUT2D eigenvalue weighted by atomic mass is 9.90. The average molecular weight is 227 g/mol. The zero-order valence-electron chi connectivity index (χ0n) is 10.5. The number of aryl methyl sites for hydroxylation is 1. The highest BCUT2D eigenvalue weighted by atomic mass is 16.5. The van der Waals surface area contributed by atoms with Crippen LogP contribution in [0.3, 0.4) is 0 Å². The predicted molar refractivity (Wildman–Crippen MR) is 60.8 cm³/mol. The Morgan fingerprint density at radius 3 is 2.75 bits per heavy atom. The molecule has 6 heteroatoms. The molecule has 0 atom stereocenters. The van der Waals surface area contributed by atoms with Crippen molar-refractivity contribution in [3.8, 4) is 0 Å². The van der Waals surface area contributed by atoms with Gasteiger partial charge >= 0.3 is 0 Å². The number of hydrogen-bond acceptors (Lipinski definition) is 5. The van der Waals surface area contributed by atoms with E-state index in [-0.39, 0.29) is 5.41 Å². The molecule has 92 valence electrons. The van der Waals surface area contributed by atoms with Crippen molar-refractivity contribution in [2.75, 3.05) is 20.3 Å². The minimum atomic E-state index is 0.220. The van der Waals surface area contributed by atoms with Gasteiger partial charge in [0.1, 0.15) is 0 Å². The van der Waals surface area contributed by atoms with Crippen LogP contribution in [-0.2, 0) is 18.3 Å². The standard InChI is InChI=1S/C10H21N5O/c1-10(2,5-6-16-4)8-11-7-9-12-14-15(3)13-9/h11H,5-8H2,1-4H3. The fraction of sp³-hybridized carbons (Fsp3) is 0.900. The Balaban J connectivity index is 2.24. The lowest BCUT2D eigenvalue weighted by Crippen LogP contribution is -2.30. The molecule has 0 radical (unpaired) electrons. The predicted octanol–water partition coefficient (Wildman–Crippen LogP) is 0.362. The van der Waals surface area contributed by atoms with E-state index in [4.69, 9.17) is 4.74 Å². The van der Waals surface area contributed by atoms with E-state index in [1.54, 1.807) is 14.2 Å². The molecule has 1 rings (SSSR count). The quantitative estimate of drug-likeness (QED) is 0.728. The summed E-state index contributed by atoms with van der Waals surface area (Å²) in [6.45, 7) is 6.78. The van der Waals surface area contributed by atoms with E-state index in [0.29, 0.717) is 6.54 Å². The van der Waals surface area contributed by atoms with Gasteiger partial charge in [0.25, 0.3) is 0 Å². The van der Waals surface area contributed by atoms with Gasteiger partial charge in [-0.1, -0.05) is 13.8 Å². The summed E-state index contributed by atoms with van der Waals surface area (Å²) in [6, 6.07) is 0. The molecule has 0 saturated heterocycles. The van der Waals surface area contributed by atoms with Crippen molar-refractivity contribution in [2.24, 2.45) is 12.5 Å². The van der Waals surface area contributed by atoms with E-state index in [0.717, 1.165) is 25.4 Å². The largest absolute Gasteiger partial charge is 0.385 e. The first-order valence-electron chi connectivity index (χ1n) is 5.46. The molecule has 0 aliphatic carbocycles. The number of tetrazole rings is 1. The summed E-state index contributed by atoms with van der Waals surface area (Å²) >= 11 is 0. The molecule has 0 saturated carbocycles. The summed E-state index contributed by atoms with van der Waals surface area (Å²) in [4.78, 5) is 1.47. The van der Waals surface area contributed by atoms with Crippen LogP contribution in [0, 0.1) is 5.41 Å². The molecule has 1 aromatic rings. The second-order valence-electron chi connectivity index (χ2n) is 4.71. The molecule has 0 aromatic carbocycles. The number of nitrogens with zero attached hydrogens (tertiary/aromatic N) is 4. The summed E-state index contributed by atoms with van der Waals surface area (Å²) in [6.07, 6.45) is 1.03. The van der Waals surface area contributed by atoms with Gasteiger partial charge in [-0.25, -0.2) is 0 Å². The van der Waals surface area contributed by atoms with Crippen molar-refractivity contribution >= 4 is 0 Å². The van der Waals surface area contributed by atoms with E-state index in [2.05, 4.69) is 34.6 Å². The SMILES string of the molecule is COCCC(C)(C)CNCc1nnn(C)n1. The lowest BCUT2D eigenvalue weighted by molar-refractivity contribution is 0.150. The maximum absolute atomic E-state index is 5.08. The normalized spacial score (nSPS) is 12.0. The fourth-order valence-corrected chi connectivity index (χ4v) is 1.37. The highest BCUT2D eigenvalue weighted by molar-refractivity contribution is 4.78. The van der Waals surface area contributed by atoms with E-state index >= 15 is 0 Å². The Morgan fingerprint density at radius 1 is 1.44 bits per heavy atom. The number of aromatic nitrogens is 4. The van der Waals surface area contributed by atoms with E-state index < -0.39 is 0 Å². The van der Waals surface area contributed by atoms with Crippen molar-refractivity contribution in [3.05, 3.63) is 5.82 Å². The second-order valence-corrected chi connectivity index (χ2v) is 4.71. The second kappa shape index (κ2) is 5.91. The molecule has 6 nitrogen and oxygen atoms in total. The van der Waals surface area contributed by atoms with Gasteiger partial charge < -0.3 is 10.1 Å². The van der Waals surface area contributed by atoms with Crippen LogP contribution in [0.4, 0.5) is 0 Å². The summed E-state index contributed by atoms with van der Waals surface area (Å²) in [5.74, 6) is 0.727. The van der Waals surface area contributed by atoms with Gasteiger partial charge in [-0.2, -0.15) is 4.80 Å². The van der Waals surface area contributed by atoms with Crippen LogP contribution in [0.15, 0.2) is 0 Å². The number of nitrogens with one attached hydrogen (secondary N) is 1. The van der Waals surface area contributed by atoms with Crippen molar-refractivity contribution in [2.45, 2.75) is 26.8 Å². The monoisotopic (exact) mass is 227 g/mol. The maximum Gasteiger partial charge on any atom is 0.188 e. The van der Waals surface area contributed by atoms with Gasteiger partial charge in [0.15, 0.2) is 5.82 Å². The first-order valence-corrected chi connectivity index (χ1v) is 5.46. The van der Waals surface area contributed by atoms with Gasteiger partial charge in [0, 0.05) is 20.3 Å². The molecular weight excluding hydrogens is 206 g/mol. The smallest absolute Gasteiger partial charge is 0.188 e. The van der Waals surface area contributed by atoms with E-state index in [1.807, 2.05) is 0 Å². The molecule has 0 fully saturated rings. The van der Waals surface area contributed by atoms with Crippen molar-refractivity contribution in [1.82, 2.24) is 25.5 Å². The van der Waals surface area contributed by atoms with Gasteiger partial charge in [-0.05, 0) is 17.0 Å². The van der Waals surface area contributed by atoms with Crippen LogP contribution in [0.1, 0.15) is 26.1 Å². The van der Waals surface area contributed by atoms with Gasteiger partial charge in [-0.15, -0.1) is 10.2 Å². The molecular formula is C10H21N5O. The minimum absolute atomic E-state index is 0.220. The van der Waals surface area contributed by atoms with Gasteiger partial charge in [-0.3, -0.25) is 0 Å². The zero-order valence-corrected chi connectivity index (χ0v) is 10.5. The number of methoxy groups -OCH3 is 1. The van der Waals surface area contributed by atoms with Crippen molar-refractivity contribution in [3.63, 3.8) is 0 Å². The zero-order chi connectivity index (χ0) is 12.0. The molecule has 16 heavy (non-hydrogen) atoms. The molecule has 0 amide bonds. The topological polar surface area (TPSA) is 64.9 Å². The third-order valence-electron chi connectivity index (χ3n) is 2.42.